The Morgan fingerprint density at radius 2 is 1.90 bits per heavy atom. The van der Waals surface area contributed by atoms with E-state index in [1.165, 1.54) is 17.3 Å². The fraction of sp³-hybridized carbons (Fsp3) is 0.261. The van der Waals surface area contributed by atoms with Crippen molar-refractivity contribution in [2.45, 2.75) is 12.5 Å². The first-order valence-electron chi connectivity index (χ1n) is 9.60. The molecule has 1 atom stereocenters. The first-order chi connectivity index (χ1) is 14.6. The number of methoxy groups -OCH3 is 1. The summed E-state index contributed by atoms with van der Waals surface area (Å²) in [6, 6.07) is 9.59. The van der Waals surface area contributed by atoms with Crippen molar-refractivity contribution in [3.8, 4) is 5.75 Å². The minimum absolute atomic E-state index is 0.0587. The van der Waals surface area contributed by atoms with E-state index in [-0.39, 0.29) is 11.3 Å². The van der Waals surface area contributed by atoms with Crippen LogP contribution >= 0.6 is 0 Å². The summed E-state index contributed by atoms with van der Waals surface area (Å²) in [4.78, 5) is 31.1. The number of amides is 1. The number of hydrogen-bond acceptors (Lipinski definition) is 6. The number of likely N-dealkylation sites (tertiary alicyclic amines) is 1. The fourth-order valence-electron chi connectivity index (χ4n) is 3.40. The Morgan fingerprint density at radius 1 is 1.20 bits per heavy atom. The van der Waals surface area contributed by atoms with E-state index < -0.39 is 17.7 Å². The molecule has 0 aliphatic carbocycles. The van der Waals surface area contributed by atoms with Gasteiger partial charge in [0.15, 0.2) is 0 Å². The molecule has 0 bridgehead atoms. The van der Waals surface area contributed by atoms with Gasteiger partial charge in [-0.3, -0.25) is 14.6 Å². The van der Waals surface area contributed by atoms with Gasteiger partial charge in [0, 0.05) is 38.2 Å². The second-order valence-corrected chi connectivity index (χ2v) is 6.74. The molecule has 1 saturated heterocycles. The monoisotopic (exact) mass is 408 g/mol. The highest BCUT2D eigenvalue weighted by molar-refractivity contribution is 6.46. The van der Waals surface area contributed by atoms with E-state index in [0.29, 0.717) is 43.1 Å². The largest absolute Gasteiger partial charge is 0.507 e. The molecule has 156 valence electrons. The molecule has 7 nitrogen and oxygen atoms in total. The smallest absolute Gasteiger partial charge is 0.295 e. The summed E-state index contributed by atoms with van der Waals surface area (Å²) in [6.07, 6.45) is 5.25. The number of rotatable bonds is 9. The Morgan fingerprint density at radius 3 is 2.53 bits per heavy atom. The molecule has 0 radical (unpaired) electrons. The van der Waals surface area contributed by atoms with Crippen molar-refractivity contribution in [3.05, 3.63) is 78.1 Å². The Kier molecular flexibility index (Phi) is 6.98. The quantitative estimate of drug-likeness (QED) is 0.225. The molecule has 3 rings (SSSR count). The number of hydrogen-bond donors (Lipinski definition) is 1. The van der Waals surface area contributed by atoms with Crippen LogP contribution in [0.25, 0.3) is 5.76 Å². The number of carbonyl (C=O) groups excluding carboxylic acids is 2. The van der Waals surface area contributed by atoms with E-state index in [0.717, 1.165) is 0 Å². The summed E-state index contributed by atoms with van der Waals surface area (Å²) in [5.74, 6) is -0.927. The lowest BCUT2D eigenvalue weighted by atomic mass is 9.95. The van der Waals surface area contributed by atoms with Crippen LogP contribution in [0, 0.1) is 0 Å². The number of carbonyl (C=O) groups is 2. The third-order valence-corrected chi connectivity index (χ3v) is 4.80. The molecule has 0 spiro atoms. The number of benzene rings is 1. The van der Waals surface area contributed by atoms with Crippen molar-refractivity contribution >= 4 is 17.4 Å². The molecule has 1 aromatic carbocycles. The third-order valence-electron chi connectivity index (χ3n) is 4.80. The molecule has 2 heterocycles. The molecule has 1 amide bonds. The van der Waals surface area contributed by atoms with Crippen molar-refractivity contribution < 1.29 is 24.2 Å². The van der Waals surface area contributed by atoms with Crippen LogP contribution in [0.5, 0.6) is 5.75 Å². The van der Waals surface area contributed by atoms with Crippen LogP contribution in [0.4, 0.5) is 0 Å². The van der Waals surface area contributed by atoms with Crippen LogP contribution in [0.15, 0.2) is 67.0 Å². The first kappa shape index (κ1) is 21.3. The van der Waals surface area contributed by atoms with Gasteiger partial charge in [-0.15, -0.1) is 0 Å². The molecule has 1 unspecified atom stereocenters. The number of ketones is 1. The highest BCUT2D eigenvalue weighted by atomic mass is 16.5. The molecular weight excluding hydrogens is 384 g/mol. The minimum atomic E-state index is -0.710. The number of pyridine rings is 1. The molecule has 2 aromatic rings. The van der Waals surface area contributed by atoms with Crippen LogP contribution in [-0.2, 0) is 14.3 Å². The Labute approximate surface area is 175 Å². The van der Waals surface area contributed by atoms with Gasteiger partial charge in [-0.2, -0.15) is 0 Å². The van der Waals surface area contributed by atoms with Gasteiger partial charge in [0.1, 0.15) is 18.1 Å². The van der Waals surface area contributed by atoms with Gasteiger partial charge >= 0.3 is 0 Å². The second-order valence-electron chi connectivity index (χ2n) is 6.74. The molecule has 1 aliphatic rings. The maximum absolute atomic E-state index is 12.9. The maximum atomic E-state index is 12.9. The number of Topliss-reactive ketones (excluding diaryl/α,β-unsaturated/α-hetero) is 1. The predicted octanol–water partition coefficient (Wildman–Crippen LogP) is 3.10. The average Bonchev–Trinajstić information content (AvgIpc) is 3.03. The minimum Gasteiger partial charge on any atom is -0.507 e. The van der Waals surface area contributed by atoms with Gasteiger partial charge in [0.05, 0.1) is 11.6 Å². The van der Waals surface area contributed by atoms with Gasteiger partial charge < -0.3 is 19.5 Å². The van der Waals surface area contributed by atoms with Crippen molar-refractivity contribution in [3.63, 3.8) is 0 Å². The topological polar surface area (TPSA) is 89.0 Å². The van der Waals surface area contributed by atoms with Crippen molar-refractivity contribution in [2.24, 2.45) is 0 Å². The zero-order valence-electron chi connectivity index (χ0n) is 16.8. The molecule has 1 aromatic heterocycles. The summed E-state index contributed by atoms with van der Waals surface area (Å²) in [5.41, 5.74) is 1.19. The van der Waals surface area contributed by atoms with Crippen LogP contribution in [0.1, 0.15) is 23.6 Å². The highest BCUT2D eigenvalue weighted by Gasteiger charge is 2.45. The molecule has 1 aliphatic heterocycles. The van der Waals surface area contributed by atoms with E-state index in [4.69, 9.17) is 9.47 Å². The maximum Gasteiger partial charge on any atom is 0.295 e. The van der Waals surface area contributed by atoms with Crippen LogP contribution in [0.2, 0.25) is 0 Å². The summed E-state index contributed by atoms with van der Waals surface area (Å²) < 4.78 is 10.6. The lowest BCUT2D eigenvalue weighted by Crippen LogP contribution is -2.31. The lowest BCUT2D eigenvalue weighted by Gasteiger charge is -2.25. The standard InChI is InChI=1S/C23H24N2O5/c1-3-14-30-18-7-5-16(6-8-18)20-19(21(26)17-9-11-24-12-10-17)22(27)23(28)25(20)13-4-15-29-2/h3,5-12,20,26H,1,4,13-15H2,2H3. The van der Waals surface area contributed by atoms with E-state index in [1.54, 1.807) is 49.6 Å². The van der Waals surface area contributed by atoms with Gasteiger partial charge in [-0.1, -0.05) is 24.8 Å². The third kappa shape index (κ3) is 4.41. The van der Waals surface area contributed by atoms with Crippen LogP contribution in [-0.4, -0.2) is 53.5 Å². The van der Waals surface area contributed by atoms with Crippen molar-refractivity contribution in [1.82, 2.24) is 9.88 Å². The van der Waals surface area contributed by atoms with Gasteiger partial charge in [0.25, 0.3) is 11.7 Å². The molecular formula is C23H24N2O5. The van der Waals surface area contributed by atoms with E-state index in [1.807, 2.05) is 0 Å². The Hall–Kier alpha value is -3.45. The predicted molar refractivity (Wildman–Crippen MR) is 112 cm³/mol. The summed E-state index contributed by atoms with van der Waals surface area (Å²) in [6.45, 7) is 4.77. The molecule has 30 heavy (non-hydrogen) atoms. The molecule has 1 N–H and O–H groups in total. The second kappa shape index (κ2) is 9.84. The Balaban J connectivity index is 2.04. The summed E-state index contributed by atoms with van der Waals surface area (Å²) >= 11 is 0. The zero-order chi connectivity index (χ0) is 21.5. The zero-order valence-corrected chi connectivity index (χ0v) is 16.8. The SMILES string of the molecule is C=CCOc1ccc(C2C(=C(O)c3ccncc3)C(=O)C(=O)N2CCCOC)cc1. The van der Waals surface area contributed by atoms with E-state index in [9.17, 15) is 14.7 Å². The number of aliphatic hydroxyl groups is 1. The first-order valence-corrected chi connectivity index (χ1v) is 9.60. The average molecular weight is 408 g/mol. The van der Waals surface area contributed by atoms with Crippen LogP contribution < -0.4 is 4.74 Å². The number of aromatic nitrogens is 1. The van der Waals surface area contributed by atoms with Gasteiger partial charge in [-0.05, 0) is 36.2 Å². The number of aliphatic hydroxyl groups excluding tert-OH is 1. The Bertz CT molecular complexity index is 938. The molecule has 0 saturated carbocycles. The summed E-state index contributed by atoms with van der Waals surface area (Å²) in [5, 5.41) is 10.9. The fourth-order valence-corrected chi connectivity index (χ4v) is 3.40. The lowest BCUT2D eigenvalue weighted by molar-refractivity contribution is -0.140. The molecule has 1 fully saturated rings. The van der Waals surface area contributed by atoms with Crippen molar-refractivity contribution in [2.75, 3.05) is 26.9 Å². The van der Waals surface area contributed by atoms with Gasteiger partial charge in [0.2, 0.25) is 0 Å². The van der Waals surface area contributed by atoms with E-state index in [2.05, 4.69) is 11.6 Å². The molecule has 7 heteroatoms. The summed E-state index contributed by atoms with van der Waals surface area (Å²) in [7, 11) is 1.58. The number of ether oxygens (including phenoxy) is 2. The van der Waals surface area contributed by atoms with E-state index >= 15 is 0 Å². The van der Waals surface area contributed by atoms with Gasteiger partial charge in [-0.25, -0.2) is 0 Å². The highest BCUT2D eigenvalue weighted by Crippen LogP contribution is 2.39. The van der Waals surface area contributed by atoms with Crippen LogP contribution in [0.3, 0.4) is 0 Å². The normalized spacial score (nSPS) is 17.9. The van der Waals surface area contributed by atoms with Crippen molar-refractivity contribution in [1.29, 1.82) is 0 Å². The number of nitrogens with zero attached hydrogens (tertiary/aromatic N) is 2.